The molecule has 19 heavy (non-hydrogen) atoms. The Balaban J connectivity index is 2.31. The summed E-state index contributed by atoms with van der Waals surface area (Å²) in [6.45, 7) is 1.83. The maximum Gasteiger partial charge on any atom is 0.226 e. The Morgan fingerprint density at radius 1 is 1.32 bits per heavy atom. The molecule has 3 aromatic heterocycles. The zero-order chi connectivity index (χ0) is 13.4. The molecule has 3 rings (SSSR count). The van der Waals surface area contributed by atoms with Crippen LogP contribution in [0.3, 0.4) is 0 Å². The first kappa shape index (κ1) is 11.5. The molecule has 0 spiro atoms. The molecule has 0 bridgehead atoms. The molecular formula is C13H13N5O. The largest absolute Gasteiger partial charge is 0.480 e. The SMILES string of the molecule is COc1nc(C)nc2[nH]cc(-c3ccnc(N)c3)c12. The molecule has 0 aromatic carbocycles. The minimum atomic E-state index is 0.471. The van der Waals surface area contributed by atoms with Crippen LogP contribution in [0.4, 0.5) is 5.82 Å². The first-order chi connectivity index (χ1) is 9.19. The van der Waals surface area contributed by atoms with E-state index in [1.54, 1.807) is 13.3 Å². The normalized spacial score (nSPS) is 10.8. The fourth-order valence-electron chi connectivity index (χ4n) is 2.10. The van der Waals surface area contributed by atoms with E-state index in [0.29, 0.717) is 17.5 Å². The Labute approximate surface area is 109 Å². The Morgan fingerprint density at radius 3 is 2.89 bits per heavy atom. The van der Waals surface area contributed by atoms with Gasteiger partial charge in [0.1, 0.15) is 17.3 Å². The smallest absolute Gasteiger partial charge is 0.226 e. The summed E-state index contributed by atoms with van der Waals surface area (Å²) in [6, 6.07) is 3.69. The number of nitrogens with one attached hydrogen (secondary N) is 1. The Hall–Kier alpha value is -2.63. The fourth-order valence-corrected chi connectivity index (χ4v) is 2.10. The van der Waals surface area contributed by atoms with Crippen LogP contribution in [-0.4, -0.2) is 27.0 Å². The lowest BCUT2D eigenvalue weighted by Gasteiger charge is -2.05. The van der Waals surface area contributed by atoms with E-state index in [1.165, 1.54) is 0 Å². The Morgan fingerprint density at radius 2 is 2.16 bits per heavy atom. The number of H-pyrrole nitrogens is 1. The van der Waals surface area contributed by atoms with Crippen molar-refractivity contribution < 1.29 is 4.74 Å². The van der Waals surface area contributed by atoms with Gasteiger partial charge in [-0.3, -0.25) is 0 Å². The zero-order valence-corrected chi connectivity index (χ0v) is 10.6. The van der Waals surface area contributed by atoms with Crippen molar-refractivity contribution in [3.63, 3.8) is 0 Å². The number of methoxy groups -OCH3 is 1. The predicted molar refractivity (Wildman–Crippen MR) is 72.8 cm³/mol. The summed E-state index contributed by atoms with van der Waals surface area (Å²) in [4.78, 5) is 15.8. The molecule has 6 nitrogen and oxygen atoms in total. The van der Waals surface area contributed by atoms with Gasteiger partial charge in [0.25, 0.3) is 0 Å². The topological polar surface area (TPSA) is 89.7 Å². The second-order valence-electron chi connectivity index (χ2n) is 4.18. The molecule has 3 N–H and O–H groups in total. The van der Waals surface area contributed by atoms with E-state index in [2.05, 4.69) is 19.9 Å². The number of nitrogens with two attached hydrogens (primary N) is 1. The van der Waals surface area contributed by atoms with Crippen molar-refractivity contribution in [2.24, 2.45) is 0 Å². The minimum absolute atomic E-state index is 0.471. The number of aromatic amines is 1. The van der Waals surface area contributed by atoms with Crippen LogP contribution in [0.25, 0.3) is 22.2 Å². The summed E-state index contributed by atoms with van der Waals surface area (Å²) in [7, 11) is 1.60. The number of rotatable bonds is 2. The fraction of sp³-hybridized carbons (Fsp3) is 0.154. The van der Waals surface area contributed by atoms with Gasteiger partial charge in [-0.05, 0) is 24.6 Å². The molecular weight excluding hydrogens is 242 g/mol. The van der Waals surface area contributed by atoms with Crippen molar-refractivity contribution in [2.75, 3.05) is 12.8 Å². The third-order valence-electron chi connectivity index (χ3n) is 2.90. The minimum Gasteiger partial charge on any atom is -0.480 e. The quantitative estimate of drug-likeness (QED) is 0.730. The van der Waals surface area contributed by atoms with E-state index >= 15 is 0 Å². The maximum absolute atomic E-state index is 5.72. The van der Waals surface area contributed by atoms with Crippen molar-refractivity contribution in [3.05, 3.63) is 30.4 Å². The summed E-state index contributed by atoms with van der Waals surface area (Å²) in [5, 5.41) is 0.846. The number of pyridine rings is 1. The van der Waals surface area contributed by atoms with Crippen molar-refractivity contribution in [1.29, 1.82) is 0 Å². The lowest BCUT2D eigenvalue weighted by Crippen LogP contribution is -1.95. The summed E-state index contributed by atoms with van der Waals surface area (Å²) in [6.07, 6.45) is 3.54. The van der Waals surface area contributed by atoms with Gasteiger partial charge >= 0.3 is 0 Å². The number of fused-ring (bicyclic) bond motifs is 1. The lowest BCUT2D eigenvalue weighted by molar-refractivity contribution is 0.401. The lowest BCUT2D eigenvalue weighted by atomic mass is 10.1. The van der Waals surface area contributed by atoms with Crippen molar-refractivity contribution in [2.45, 2.75) is 6.92 Å². The van der Waals surface area contributed by atoms with Crippen molar-refractivity contribution in [1.82, 2.24) is 19.9 Å². The summed E-state index contributed by atoms with van der Waals surface area (Å²) in [5.41, 5.74) is 8.36. The molecule has 0 fully saturated rings. The first-order valence-electron chi connectivity index (χ1n) is 5.80. The molecule has 0 radical (unpaired) electrons. The number of nitrogen functional groups attached to an aromatic ring is 1. The molecule has 3 aromatic rings. The second-order valence-corrected chi connectivity index (χ2v) is 4.18. The molecule has 0 unspecified atom stereocenters. The van der Waals surface area contributed by atoms with E-state index in [-0.39, 0.29) is 0 Å². The van der Waals surface area contributed by atoms with Gasteiger partial charge in [0.15, 0.2) is 0 Å². The molecule has 6 heteroatoms. The third-order valence-corrected chi connectivity index (χ3v) is 2.90. The van der Waals surface area contributed by atoms with E-state index in [9.17, 15) is 0 Å². The average Bonchev–Trinajstić information content (AvgIpc) is 2.81. The highest BCUT2D eigenvalue weighted by molar-refractivity contribution is 5.97. The van der Waals surface area contributed by atoms with Crippen molar-refractivity contribution >= 4 is 16.9 Å². The van der Waals surface area contributed by atoms with E-state index in [1.807, 2.05) is 25.3 Å². The molecule has 0 saturated carbocycles. The van der Waals surface area contributed by atoms with Gasteiger partial charge in [0, 0.05) is 18.0 Å². The number of aryl methyl sites for hydroxylation is 1. The van der Waals surface area contributed by atoms with Crippen LogP contribution in [0.5, 0.6) is 5.88 Å². The van der Waals surface area contributed by atoms with Gasteiger partial charge in [-0.15, -0.1) is 0 Å². The van der Waals surface area contributed by atoms with Gasteiger partial charge < -0.3 is 15.5 Å². The molecule has 0 atom stereocenters. The first-order valence-corrected chi connectivity index (χ1v) is 5.80. The maximum atomic E-state index is 5.72. The number of hydrogen-bond donors (Lipinski definition) is 2. The predicted octanol–water partition coefficient (Wildman–Crippen LogP) is 1.92. The molecule has 0 saturated heterocycles. The Kier molecular flexibility index (Phi) is 2.56. The zero-order valence-electron chi connectivity index (χ0n) is 10.6. The number of nitrogens with zero attached hydrogens (tertiary/aromatic N) is 3. The monoisotopic (exact) mass is 255 g/mol. The van der Waals surface area contributed by atoms with Gasteiger partial charge in [-0.2, -0.15) is 4.98 Å². The van der Waals surface area contributed by atoms with Crippen LogP contribution in [0.15, 0.2) is 24.5 Å². The summed E-state index contributed by atoms with van der Waals surface area (Å²) >= 11 is 0. The van der Waals surface area contributed by atoms with E-state index in [4.69, 9.17) is 10.5 Å². The van der Waals surface area contributed by atoms with Crippen LogP contribution in [0.1, 0.15) is 5.82 Å². The van der Waals surface area contributed by atoms with Gasteiger partial charge in [0.05, 0.1) is 12.5 Å². The van der Waals surface area contributed by atoms with Gasteiger partial charge in [0.2, 0.25) is 5.88 Å². The van der Waals surface area contributed by atoms with Gasteiger partial charge in [-0.25, -0.2) is 9.97 Å². The van der Waals surface area contributed by atoms with Crippen LogP contribution >= 0.6 is 0 Å². The van der Waals surface area contributed by atoms with E-state index in [0.717, 1.165) is 22.2 Å². The molecule has 96 valence electrons. The number of hydrogen-bond acceptors (Lipinski definition) is 5. The third kappa shape index (κ3) is 1.87. The Bertz CT molecular complexity index is 750. The number of ether oxygens (including phenoxy) is 1. The van der Waals surface area contributed by atoms with Crippen LogP contribution in [-0.2, 0) is 0 Å². The van der Waals surface area contributed by atoms with Crippen LogP contribution in [0, 0.1) is 6.92 Å². The highest BCUT2D eigenvalue weighted by atomic mass is 16.5. The van der Waals surface area contributed by atoms with Crippen LogP contribution in [0.2, 0.25) is 0 Å². The molecule has 0 aliphatic heterocycles. The highest BCUT2D eigenvalue weighted by Gasteiger charge is 2.14. The number of aromatic nitrogens is 4. The standard InChI is InChI=1S/C13H13N5O/c1-7-17-12-11(13(18-7)19-2)9(6-16-12)8-3-4-15-10(14)5-8/h3-6H,1-2H3,(H2,14,15)(H,16,17,18). The molecule has 0 aliphatic carbocycles. The van der Waals surface area contributed by atoms with Crippen molar-refractivity contribution in [3.8, 4) is 17.0 Å². The molecule has 0 amide bonds. The van der Waals surface area contributed by atoms with Gasteiger partial charge in [-0.1, -0.05) is 0 Å². The second kappa shape index (κ2) is 4.24. The average molecular weight is 255 g/mol. The van der Waals surface area contributed by atoms with Crippen LogP contribution < -0.4 is 10.5 Å². The van der Waals surface area contributed by atoms with E-state index < -0.39 is 0 Å². The molecule has 3 heterocycles. The summed E-state index contributed by atoms with van der Waals surface area (Å²) < 4.78 is 5.34. The highest BCUT2D eigenvalue weighted by Crippen LogP contribution is 2.33. The number of anilines is 1. The summed E-state index contributed by atoms with van der Waals surface area (Å²) in [5.74, 6) is 1.68. The molecule has 0 aliphatic rings.